The highest BCUT2D eigenvalue weighted by Crippen LogP contribution is 2.25. The molecule has 0 aliphatic carbocycles. The fourth-order valence-electron chi connectivity index (χ4n) is 4.38. The highest BCUT2D eigenvalue weighted by atomic mass is 19.1. The molecular weight excluding hydrogens is 461 g/mol. The third-order valence-electron chi connectivity index (χ3n) is 6.31. The summed E-state index contributed by atoms with van der Waals surface area (Å²) in [6.45, 7) is 2.35. The molecule has 0 radical (unpaired) electrons. The quantitative estimate of drug-likeness (QED) is 0.384. The van der Waals surface area contributed by atoms with E-state index in [-0.39, 0.29) is 23.7 Å². The van der Waals surface area contributed by atoms with Crippen molar-refractivity contribution in [3.8, 4) is 5.69 Å². The van der Waals surface area contributed by atoms with Crippen LogP contribution in [0.25, 0.3) is 5.69 Å². The SMILES string of the molecule is O=C(NCC(c1ccc(F)cc1)N1CCCC1)c1ccc(-n2cc(NC(=O)c3ccoc3)cn2)cc1. The average Bonchev–Trinajstić information content (AvgIpc) is 3.68. The Kier molecular flexibility index (Phi) is 6.90. The Hall–Kier alpha value is -4.24. The summed E-state index contributed by atoms with van der Waals surface area (Å²) in [5.41, 5.74) is 3.22. The van der Waals surface area contributed by atoms with E-state index in [1.807, 2.05) is 0 Å². The topological polar surface area (TPSA) is 92.4 Å². The minimum atomic E-state index is -0.289. The number of amides is 2. The summed E-state index contributed by atoms with van der Waals surface area (Å²) in [7, 11) is 0. The number of likely N-dealkylation sites (tertiary alicyclic amines) is 1. The molecule has 1 atom stereocenters. The van der Waals surface area contributed by atoms with Crippen LogP contribution >= 0.6 is 0 Å². The van der Waals surface area contributed by atoms with Crippen LogP contribution in [0.15, 0.2) is 83.9 Å². The number of nitrogens with one attached hydrogen (secondary N) is 2. The Morgan fingerprint density at radius 3 is 2.42 bits per heavy atom. The van der Waals surface area contributed by atoms with Crippen LogP contribution in [0.1, 0.15) is 45.2 Å². The summed E-state index contributed by atoms with van der Waals surface area (Å²) in [5, 5.41) is 10.1. The Balaban J connectivity index is 1.21. The summed E-state index contributed by atoms with van der Waals surface area (Å²) < 4.78 is 20.0. The zero-order valence-corrected chi connectivity index (χ0v) is 19.6. The Morgan fingerprint density at radius 1 is 0.972 bits per heavy atom. The van der Waals surface area contributed by atoms with Crippen LogP contribution in [-0.4, -0.2) is 46.1 Å². The smallest absolute Gasteiger partial charge is 0.259 e. The van der Waals surface area contributed by atoms with Gasteiger partial charge in [-0.1, -0.05) is 12.1 Å². The molecule has 4 aromatic rings. The molecule has 1 fully saturated rings. The van der Waals surface area contributed by atoms with Gasteiger partial charge in [-0.2, -0.15) is 5.10 Å². The van der Waals surface area contributed by atoms with Crippen LogP contribution in [-0.2, 0) is 0 Å². The van der Waals surface area contributed by atoms with E-state index in [4.69, 9.17) is 4.42 Å². The summed E-state index contributed by atoms with van der Waals surface area (Å²) in [4.78, 5) is 27.4. The number of hydrogen-bond acceptors (Lipinski definition) is 5. The lowest BCUT2D eigenvalue weighted by Gasteiger charge is -2.28. The zero-order valence-electron chi connectivity index (χ0n) is 19.6. The maximum absolute atomic E-state index is 13.4. The second-order valence-electron chi connectivity index (χ2n) is 8.71. The molecule has 184 valence electrons. The van der Waals surface area contributed by atoms with Crippen molar-refractivity contribution < 1.29 is 18.4 Å². The van der Waals surface area contributed by atoms with Crippen LogP contribution < -0.4 is 10.6 Å². The molecule has 9 heteroatoms. The number of anilines is 1. The molecule has 1 saturated heterocycles. The van der Waals surface area contributed by atoms with E-state index in [0.29, 0.717) is 23.4 Å². The molecule has 5 rings (SSSR count). The highest BCUT2D eigenvalue weighted by molar-refractivity contribution is 6.03. The fraction of sp³-hybridized carbons (Fsp3) is 0.222. The fourth-order valence-corrected chi connectivity index (χ4v) is 4.38. The molecule has 2 amide bonds. The minimum absolute atomic E-state index is 0.00363. The van der Waals surface area contributed by atoms with E-state index in [2.05, 4.69) is 20.6 Å². The van der Waals surface area contributed by atoms with Crippen LogP contribution in [0, 0.1) is 5.82 Å². The first-order chi connectivity index (χ1) is 17.6. The van der Waals surface area contributed by atoms with Crippen LogP contribution in [0.3, 0.4) is 0 Å². The molecule has 2 N–H and O–H groups in total. The number of furan rings is 1. The van der Waals surface area contributed by atoms with Crippen molar-refractivity contribution in [3.63, 3.8) is 0 Å². The first kappa shape index (κ1) is 23.5. The van der Waals surface area contributed by atoms with Crippen molar-refractivity contribution in [3.05, 3.63) is 102 Å². The Bertz CT molecular complexity index is 1310. The monoisotopic (exact) mass is 487 g/mol. The molecule has 1 unspecified atom stereocenters. The number of rotatable bonds is 8. The lowest BCUT2D eigenvalue weighted by molar-refractivity contribution is 0.0937. The second kappa shape index (κ2) is 10.6. The number of halogens is 1. The van der Waals surface area contributed by atoms with Gasteiger partial charge in [-0.3, -0.25) is 14.5 Å². The highest BCUT2D eigenvalue weighted by Gasteiger charge is 2.24. The molecule has 1 aliphatic rings. The number of benzene rings is 2. The first-order valence-electron chi connectivity index (χ1n) is 11.8. The molecule has 0 spiro atoms. The number of carbonyl (C=O) groups is 2. The Morgan fingerprint density at radius 2 is 1.72 bits per heavy atom. The van der Waals surface area contributed by atoms with E-state index < -0.39 is 0 Å². The molecule has 36 heavy (non-hydrogen) atoms. The number of aromatic nitrogens is 2. The lowest BCUT2D eigenvalue weighted by atomic mass is 10.0. The van der Waals surface area contributed by atoms with Gasteiger partial charge in [0.05, 0.1) is 41.6 Å². The van der Waals surface area contributed by atoms with Gasteiger partial charge in [0.2, 0.25) is 0 Å². The van der Waals surface area contributed by atoms with Gasteiger partial charge in [0.25, 0.3) is 11.8 Å². The van der Waals surface area contributed by atoms with Gasteiger partial charge in [0, 0.05) is 12.1 Å². The minimum Gasteiger partial charge on any atom is -0.472 e. The van der Waals surface area contributed by atoms with E-state index in [1.54, 1.807) is 59.5 Å². The predicted molar refractivity (Wildman–Crippen MR) is 133 cm³/mol. The molecule has 3 heterocycles. The van der Waals surface area contributed by atoms with Crippen molar-refractivity contribution in [1.29, 1.82) is 0 Å². The van der Waals surface area contributed by atoms with Gasteiger partial charge >= 0.3 is 0 Å². The number of hydrogen-bond donors (Lipinski definition) is 2. The van der Waals surface area contributed by atoms with Gasteiger partial charge in [0.15, 0.2) is 0 Å². The zero-order chi connectivity index (χ0) is 24.9. The van der Waals surface area contributed by atoms with Crippen molar-refractivity contribution in [2.75, 3.05) is 25.0 Å². The average molecular weight is 488 g/mol. The van der Waals surface area contributed by atoms with Crippen LogP contribution in [0.2, 0.25) is 0 Å². The second-order valence-corrected chi connectivity index (χ2v) is 8.71. The van der Waals surface area contributed by atoms with E-state index in [1.165, 1.54) is 24.7 Å². The standard InChI is InChI=1S/C27H26FN5O3/c28-22-7-3-19(4-8-22)25(32-12-1-2-13-32)16-29-26(34)20-5-9-24(10-6-20)33-17-23(15-30-33)31-27(35)21-11-14-36-18-21/h3-11,14-15,17-18,25H,1-2,12-13,16H2,(H,29,34)(H,31,35). The first-order valence-corrected chi connectivity index (χ1v) is 11.8. The molecule has 1 aliphatic heterocycles. The van der Waals surface area contributed by atoms with Crippen molar-refractivity contribution >= 4 is 17.5 Å². The maximum Gasteiger partial charge on any atom is 0.259 e. The van der Waals surface area contributed by atoms with Gasteiger partial charge < -0.3 is 15.1 Å². The normalized spacial score (nSPS) is 14.5. The van der Waals surface area contributed by atoms with Gasteiger partial charge in [-0.05, 0) is 74.0 Å². The largest absolute Gasteiger partial charge is 0.472 e. The predicted octanol–water partition coefficient (Wildman–Crippen LogP) is 4.42. The Labute approximate surface area is 207 Å². The molecule has 2 aromatic heterocycles. The summed E-state index contributed by atoms with van der Waals surface area (Å²) in [6.07, 6.45) is 8.29. The molecule has 8 nitrogen and oxygen atoms in total. The molecule has 0 saturated carbocycles. The molecular formula is C27H26FN5O3. The summed E-state index contributed by atoms with van der Waals surface area (Å²) in [5.74, 6) is -0.739. The maximum atomic E-state index is 13.4. The van der Waals surface area contributed by atoms with Crippen LogP contribution in [0.5, 0.6) is 0 Å². The van der Waals surface area contributed by atoms with E-state index >= 15 is 0 Å². The van der Waals surface area contributed by atoms with Crippen molar-refractivity contribution in [1.82, 2.24) is 20.0 Å². The molecule has 0 bridgehead atoms. The number of carbonyl (C=O) groups excluding carboxylic acids is 2. The van der Waals surface area contributed by atoms with Gasteiger partial charge in [-0.25, -0.2) is 9.07 Å². The van der Waals surface area contributed by atoms with E-state index in [9.17, 15) is 14.0 Å². The van der Waals surface area contributed by atoms with Crippen molar-refractivity contribution in [2.24, 2.45) is 0 Å². The third kappa shape index (κ3) is 5.36. The van der Waals surface area contributed by atoms with Gasteiger partial charge in [-0.15, -0.1) is 0 Å². The summed E-state index contributed by atoms with van der Waals surface area (Å²) in [6, 6.07) is 15.1. The summed E-state index contributed by atoms with van der Waals surface area (Å²) >= 11 is 0. The lowest BCUT2D eigenvalue weighted by Crippen LogP contribution is -2.36. The third-order valence-corrected chi connectivity index (χ3v) is 6.31. The van der Waals surface area contributed by atoms with Gasteiger partial charge in [0.1, 0.15) is 12.1 Å². The molecule has 2 aromatic carbocycles. The van der Waals surface area contributed by atoms with E-state index in [0.717, 1.165) is 37.2 Å². The van der Waals surface area contributed by atoms with Crippen molar-refractivity contribution in [2.45, 2.75) is 18.9 Å². The van der Waals surface area contributed by atoms with Crippen LogP contribution in [0.4, 0.5) is 10.1 Å². The number of nitrogens with zero attached hydrogens (tertiary/aromatic N) is 3.